The second-order valence-corrected chi connectivity index (χ2v) is 6.91. The van der Waals surface area contributed by atoms with E-state index in [2.05, 4.69) is 15.3 Å². The molecule has 0 unspecified atom stereocenters. The van der Waals surface area contributed by atoms with Crippen LogP contribution in [0.1, 0.15) is 36.2 Å². The van der Waals surface area contributed by atoms with Gasteiger partial charge in [0, 0.05) is 5.56 Å². The number of nitrogens with zero attached hydrogens (tertiary/aromatic N) is 1. The summed E-state index contributed by atoms with van der Waals surface area (Å²) in [6, 6.07) is 6.89. The lowest BCUT2D eigenvalue weighted by molar-refractivity contribution is -0.142. The fourth-order valence-electron chi connectivity index (χ4n) is 2.20. The van der Waals surface area contributed by atoms with Crippen LogP contribution in [-0.4, -0.2) is 33.7 Å². The van der Waals surface area contributed by atoms with Crippen LogP contribution < -0.4 is 16.6 Å². The summed E-state index contributed by atoms with van der Waals surface area (Å²) in [6.45, 7) is 5.72. The Balaban J connectivity index is 2.18. The molecule has 2 aromatic rings. The molecule has 144 valence electrons. The van der Waals surface area contributed by atoms with E-state index >= 15 is 0 Å². The molecule has 1 atom stereocenters. The normalized spacial score (nSPS) is 11.7. The topological polar surface area (TPSA) is 127 Å². The van der Waals surface area contributed by atoms with Crippen LogP contribution in [-0.2, 0) is 9.53 Å². The number of anilines is 2. The number of aromatic nitrogens is 2. The van der Waals surface area contributed by atoms with Gasteiger partial charge in [0.1, 0.15) is 10.9 Å². The number of nitrogens with one attached hydrogen (secondary N) is 2. The molecule has 0 aliphatic heterocycles. The lowest BCUT2D eigenvalue weighted by Crippen LogP contribution is -2.24. The third kappa shape index (κ3) is 5.33. The van der Waals surface area contributed by atoms with Gasteiger partial charge in [0.05, 0.1) is 6.61 Å². The highest BCUT2D eigenvalue weighted by atomic mass is 32.2. The first kappa shape index (κ1) is 20.5. The molecule has 9 heteroatoms. The molecule has 27 heavy (non-hydrogen) atoms. The number of hydrogen-bond acceptors (Lipinski definition) is 7. The smallest absolute Gasteiger partial charge is 0.319 e. The maximum atomic E-state index is 12.3. The first-order chi connectivity index (χ1) is 12.8. The highest BCUT2D eigenvalue weighted by molar-refractivity contribution is 8.00. The second kappa shape index (κ2) is 9.22. The molecule has 0 saturated carbocycles. The molecule has 1 heterocycles. The summed E-state index contributed by atoms with van der Waals surface area (Å²) in [7, 11) is 0. The molecule has 0 aliphatic rings. The number of rotatable bonds is 7. The van der Waals surface area contributed by atoms with Crippen LogP contribution in [0.15, 0.2) is 34.2 Å². The minimum Gasteiger partial charge on any atom is -0.465 e. The SMILES string of the molecule is CCOC(=O)[C@H](CC)Sc1nc(N)c(NC(=O)c2ccc(C)cc2)c(=O)[nH]1. The van der Waals surface area contributed by atoms with Gasteiger partial charge >= 0.3 is 5.97 Å². The number of nitrogen functional groups attached to an aromatic ring is 1. The van der Waals surface area contributed by atoms with Crippen molar-refractivity contribution >= 4 is 35.1 Å². The van der Waals surface area contributed by atoms with E-state index in [9.17, 15) is 14.4 Å². The van der Waals surface area contributed by atoms with E-state index in [-0.39, 0.29) is 29.2 Å². The second-order valence-electron chi connectivity index (χ2n) is 5.72. The van der Waals surface area contributed by atoms with Crippen LogP contribution in [0.25, 0.3) is 0 Å². The van der Waals surface area contributed by atoms with Crippen LogP contribution in [0.3, 0.4) is 0 Å². The molecular formula is C18H22N4O4S. The summed E-state index contributed by atoms with van der Waals surface area (Å²) < 4.78 is 4.99. The number of H-pyrrole nitrogens is 1. The molecule has 0 radical (unpaired) electrons. The number of ether oxygens (including phenoxy) is 1. The van der Waals surface area contributed by atoms with Crippen molar-refractivity contribution in [3.63, 3.8) is 0 Å². The van der Waals surface area contributed by atoms with Crippen molar-refractivity contribution < 1.29 is 14.3 Å². The zero-order valence-electron chi connectivity index (χ0n) is 15.4. The van der Waals surface area contributed by atoms with Crippen molar-refractivity contribution in [2.45, 2.75) is 37.6 Å². The maximum absolute atomic E-state index is 12.3. The van der Waals surface area contributed by atoms with Gasteiger partial charge in [-0.05, 0) is 32.4 Å². The van der Waals surface area contributed by atoms with Gasteiger partial charge in [-0.15, -0.1) is 0 Å². The van der Waals surface area contributed by atoms with Crippen LogP contribution in [0, 0.1) is 6.92 Å². The zero-order valence-corrected chi connectivity index (χ0v) is 16.2. The predicted molar refractivity (Wildman–Crippen MR) is 105 cm³/mol. The van der Waals surface area contributed by atoms with Gasteiger partial charge < -0.3 is 15.8 Å². The van der Waals surface area contributed by atoms with Crippen LogP contribution in [0.2, 0.25) is 0 Å². The van der Waals surface area contributed by atoms with Crippen LogP contribution >= 0.6 is 11.8 Å². The highest BCUT2D eigenvalue weighted by Crippen LogP contribution is 2.24. The molecule has 8 nitrogen and oxygen atoms in total. The molecule has 0 fully saturated rings. The van der Waals surface area contributed by atoms with Crippen LogP contribution in [0.4, 0.5) is 11.5 Å². The van der Waals surface area contributed by atoms with Crippen molar-refractivity contribution in [1.82, 2.24) is 9.97 Å². The lowest BCUT2D eigenvalue weighted by atomic mass is 10.1. The molecular weight excluding hydrogens is 368 g/mol. The first-order valence-corrected chi connectivity index (χ1v) is 9.34. The van der Waals surface area contributed by atoms with Gasteiger partial charge in [-0.1, -0.05) is 36.4 Å². The standard InChI is InChI=1S/C18H22N4O4S/c1-4-12(17(25)26-5-2)27-18-21-14(19)13(16(24)22-18)20-15(23)11-8-6-10(3)7-9-11/h6-9,12H,4-5H2,1-3H3,(H,20,23)(H3,19,21,22,24)/t12-/m0/s1. The Kier molecular flexibility index (Phi) is 7.00. The number of carbonyl (C=O) groups is 2. The van der Waals surface area contributed by atoms with Crippen LogP contribution in [0.5, 0.6) is 0 Å². The van der Waals surface area contributed by atoms with Crippen molar-refractivity contribution in [2.24, 2.45) is 0 Å². The van der Waals surface area contributed by atoms with Crippen molar-refractivity contribution in [1.29, 1.82) is 0 Å². The number of benzene rings is 1. The van der Waals surface area contributed by atoms with Crippen molar-refractivity contribution in [2.75, 3.05) is 17.7 Å². The van der Waals surface area contributed by atoms with E-state index in [1.165, 1.54) is 0 Å². The number of hydrogen-bond donors (Lipinski definition) is 3. The van der Waals surface area contributed by atoms with Crippen molar-refractivity contribution in [3.05, 3.63) is 45.7 Å². The summed E-state index contributed by atoms with van der Waals surface area (Å²) in [6.07, 6.45) is 0.499. The summed E-state index contributed by atoms with van der Waals surface area (Å²) in [5.41, 5.74) is 6.53. The molecule has 2 rings (SSSR count). The molecule has 0 spiro atoms. The molecule has 0 aliphatic carbocycles. The van der Waals surface area contributed by atoms with E-state index in [0.717, 1.165) is 17.3 Å². The third-order valence-corrected chi connectivity index (χ3v) is 4.88. The number of esters is 1. The van der Waals surface area contributed by atoms with Gasteiger partial charge in [-0.2, -0.15) is 0 Å². The first-order valence-electron chi connectivity index (χ1n) is 8.46. The fraction of sp³-hybridized carbons (Fsp3) is 0.333. The Labute approximate surface area is 160 Å². The Morgan fingerprint density at radius 3 is 2.52 bits per heavy atom. The number of thioether (sulfide) groups is 1. The predicted octanol–water partition coefficient (Wildman–Crippen LogP) is 2.35. The summed E-state index contributed by atoms with van der Waals surface area (Å²) in [4.78, 5) is 43.1. The monoisotopic (exact) mass is 390 g/mol. The number of aromatic amines is 1. The summed E-state index contributed by atoms with van der Waals surface area (Å²) >= 11 is 1.06. The van der Waals surface area contributed by atoms with Gasteiger partial charge in [0.2, 0.25) is 0 Å². The van der Waals surface area contributed by atoms with E-state index in [1.807, 2.05) is 13.8 Å². The molecule has 0 saturated heterocycles. The Morgan fingerprint density at radius 1 is 1.30 bits per heavy atom. The number of carbonyl (C=O) groups excluding carboxylic acids is 2. The molecule has 0 bridgehead atoms. The lowest BCUT2D eigenvalue weighted by Gasteiger charge is -2.13. The summed E-state index contributed by atoms with van der Waals surface area (Å²) in [5, 5.41) is 2.15. The largest absolute Gasteiger partial charge is 0.465 e. The Hall–Kier alpha value is -2.81. The minimum atomic E-state index is -0.593. The molecule has 1 aromatic heterocycles. The number of aryl methyl sites for hydroxylation is 1. The number of nitrogens with two attached hydrogens (primary N) is 1. The van der Waals surface area contributed by atoms with Crippen molar-refractivity contribution in [3.8, 4) is 0 Å². The minimum absolute atomic E-state index is 0.125. The average molecular weight is 390 g/mol. The van der Waals surface area contributed by atoms with E-state index < -0.39 is 16.7 Å². The van der Waals surface area contributed by atoms with Gasteiger partial charge in [-0.3, -0.25) is 19.4 Å². The fourth-order valence-corrected chi connectivity index (χ4v) is 3.11. The molecule has 1 aromatic carbocycles. The zero-order chi connectivity index (χ0) is 20.0. The maximum Gasteiger partial charge on any atom is 0.319 e. The average Bonchev–Trinajstić information content (AvgIpc) is 2.63. The van der Waals surface area contributed by atoms with E-state index in [1.54, 1.807) is 31.2 Å². The molecule has 1 amide bonds. The quantitative estimate of drug-likeness (QED) is 0.376. The highest BCUT2D eigenvalue weighted by Gasteiger charge is 2.22. The van der Waals surface area contributed by atoms with E-state index in [0.29, 0.717) is 12.0 Å². The third-order valence-electron chi connectivity index (χ3n) is 3.65. The summed E-state index contributed by atoms with van der Waals surface area (Å²) in [5.74, 6) is -0.976. The van der Waals surface area contributed by atoms with Gasteiger partial charge in [0.15, 0.2) is 11.0 Å². The van der Waals surface area contributed by atoms with E-state index in [4.69, 9.17) is 10.5 Å². The Bertz CT molecular complexity index is 880. The van der Waals surface area contributed by atoms with Gasteiger partial charge in [-0.25, -0.2) is 4.98 Å². The Morgan fingerprint density at radius 2 is 1.96 bits per heavy atom. The van der Waals surface area contributed by atoms with Gasteiger partial charge in [0.25, 0.3) is 11.5 Å². The molecule has 4 N–H and O–H groups in total. The number of amides is 1.